The SMILES string of the molecule is CCOC(=O)C1(c2ccno2)CN=C(Nc2c3c(cc4c2CCC4)CCC3)O1. The Hall–Kier alpha value is -2.83. The zero-order valence-corrected chi connectivity index (χ0v) is 15.9. The molecule has 0 bridgehead atoms. The van der Waals surface area contributed by atoms with Crippen molar-refractivity contribution < 1.29 is 18.8 Å². The molecule has 0 radical (unpaired) electrons. The average molecular weight is 381 g/mol. The van der Waals surface area contributed by atoms with Crippen LogP contribution in [-0.4, -0.2) is 30.3 Å². The van der Waals surface area contributed by atoms with E-state index in [2.05, 4.69) is 21.5 Å². The first-order valence-electron chi connectivity index (χ1n) is 9.96. The van der Waals surface area contributed by atoms with E-state index >= 15 is 0 Å². The first kappa shape index (κ1) is 17.3. The minimum absolute atomic E-state index is 0.0978. The van der Waals surface area contributed by atoms with Crippen molar-refractivity contribution >= 4 is 17.7 Å². The maximum Gasteiger partial charge on any atom is 0.360 e. The molecule has 1 aliphatic heterocycles. The molecule has 0 amide bonds. The van der Waals surface area contributed by atoms with E-state index in [9.17, 15) is 4.79 Å². The third-order valence-electron chi connectivity index (χ3n) is 5.86. The van der Waals surface area contributed by atoms with Crippen LogP contribution in [0.2, 0.25) is 0 Å². The van der Waals surface area contributed by atoms with Gasteiger partial charge in [-0.1, -0.05) is 11.2 Å². The molecular formula is C21H23N3O4. The van der Waals surface area contributed by atoms with Gasteiger partial charge in [0.1, 0.15) is 6.54 Å². The van der Waals surface area contributed by atoms with E-state index in [-0.39, 0.29) is 13.2 Å². The number of ether oxygens (including phenoxy) is 2. The van der Waals surface area contributed by atoms with Gasteiger partial charge >= 0.3 is 5.97 Å². The Balaban J connectivity index is 1.46. The number of hydrogen-bond donors (Lipinski definition) is 1. The third kappa shape index (κ3) is 2.60. The minimum Gasteiger partial charge on any atom is -0.463 e. The molecule has 2 heterocycles. The van der Waals surface area contributed by atoms with Gasteiger partial charge in [-0.3, -0.25) is 0 Å². The van der Waals surface area contributed by atoms with Crippen LogP contribution >= 0.6 is 0 Å². The highest BCUT2D eigenvalue weighted by atomic mass is 16.6. The van der Waals surface area contributed by atoms with Crippen LogP contribution in [-0.2, 0) is 45.6 Å². The fourth-order valence-electron chi connectivity index (χ4n) is 4.56. The second kappa shape index (κ2) is 6.65. The number of nitrogens with one attached hydrogen (secondary N) is 1. The van der Waals surface area contributed by atoms with Gasteiger partial charge in [-0.2, -0.15) is 0 Å². The van der Waals surface area contributed by atoms with Crippen molar-refractivity contribution in [2.24, 2.45) is 4.99 Å². The number of nitrogens with zero attached hydrogens (tertiary/aromatic N) is 2. The van der Waals surface area contributed by atoms with Crippen molar-refractivity contribution in [1.82, 2.24) is 5.16 Å². The molecule has 0 spiro atoms. The molecular weight excluding hydrogens is 358 g/mol. The fraction of sp³-hybridized carbons (Fsp3) is 0.476. The van der Waals surface area contributed by atoms with Crippen LogP contribution in [0.5, 0.6) is 0 Å². The van der Waals surface area contributed by atoms with Gasteiger partial charge in [-0.15, -0.1) is 0 Å². The molecule has 2 aromatic rings. The van der Waals surface area contributed by atoms with E-state index in [4.69, 9.17) is 14.0 Å². The summed E-state index contributed by atoms with van der Waals surface area (Å²) in [6, 6.07) is 4.33. The number of aromatic nitrogens is 1. The normalized spacial score (nSPS) is 22.4. The Kier molecular flexibility index (Phi) is 4.10. The lowest BCUT2D eigenvalue weighted by molar-refractivity contribution is -0.163. The highest BCUT2D eigenvalue weighted by Crippen LogP contribution is 2.40. The second-order valence-electron chi connectivity index (χ2n) is 7.51. The average Bonchev–Trinajstić information content (AvgIpc) is 3.47. The Bertz CT molecular complexity index is 919. The molecule has 7 heteroatoms. The van der Waals surface area contributed by atoms with E-state index in [1.54, 1.807) is 13.0 Å². The fourth-order valence-corrected chi connectivity index (χ4v) is 4.56. The maximum absolute atomic E-state index is 12.7. The quantitative estimate of drug-likeness (QED) is 0.820. The number of esters is 1. The Morgan fingerprint density at radius 2 is 1.96 bits per heavy atom. The van der Waals surface area contributed by atoms with Crippen molar-refractivity contribution in [2.75, 3.05) is 18.5 Å². The first-order chi connectivity index (χ1) is 13.7. The summed E-state index contributed by atoms with van der Waals surface area (Å²) in [5.41, 5.74) is 5.27. The van der Waals surface area contributed by atoms with E-state index in [0.29, 0.717) is 11.8 Å². The number of carbonyl (C=O) groups is 1. The minimum atomic E-state index is -1.42. The van der Waals surface area contributed by atoms with E-state index in [0.717, 1.165) is 31.4 Å². The van der Waals surface area contributed by atoms with Crippen LogP contribution < -0.4 is 5.32 Å². The van der Waals surface area contributed by atoms with E-state index in [1.807, 2.05) is 0 Å². The van der Waals surface area contributed by atoms with Crippen LogP contribution in [0.3, 0.4) is 0 Å². The van der Waals surface area contributed by atoms with Gasteiger partial charge in [0.2, 0.25) is 0 Å². The monoisotopic (exact) mass is 381 g/mol. The molecule has 7 nitrogen and oxygen atoms in total. The molecule has 1 aromatic carbocycles. The lowest BCUT2D eigenvalue weighted by atomic mass is 9.99. The summed E-state index contributed by atoms with van der Waals surface area (Å²) in [6.07, 6.45) is 8.19. The van der Waals surface area contributed by atoms with Crippen LogP contribution in [0.1, 0.15) is 47.8 Å². The summed E-state index contributed by atoms with van der Waals surface area (Å²) in [4.78, 5) is 17.2. The Labute approximate surface area is 163 Å². The summed E-state index contributed by atoms with van der Waals surface area (Å²) >= 11 is 0. The van der Waals surface area contributed by atoms with Gasteiger partial charge in [-0.05, 0) is 67.7 Å². The largest absolute Gasteiger partial charge is 0.463 e. The van der Waals surface area contributed by atoms with Crippen molar-refractivity contribution in [3.8, 4) is 0 Å². The molecule has 5 rings (SSSR count). The van der Waals surface area contributed by atoms with E-state index in [1.165, 1.54) is 41.3 Å². The molecule has 146 valence electrons. The number of benzene rings is 1. The van der Waals surface area contributed by atoms with E-state index < -0.39 is 11.6 Å². The molecule has 3 aliphatic rings. The molecule has 0 saturated carbocycles. The predicted molar refractivity (Wildman–Crippen MR) is 102 cm³/mol. The molecule has 1 aromatic heterocycles. The molecule has 1 N–H and O–H groups in total. The number of anilines is 1. The number of rotatable bonds is 4. The second-order valence-corrected chi connectivity index (χ2v) is 7.51. The third-order valence-corrected chi connectivity index (χ3v) is 5.86. The van der Waals surface area contributed by atoms with Gasteiger partial charge in [0.15, 0.2) is 5.76 Å². The number of aryl methyl sites for hydroxylation is 2. The van der Waals surface area contributed by atoms with Crippen molar-refractivity contribution in [3.63, 3.8) is 0 Å². The number of amidine groups is 1. The van der Waals surface area contributed by atoms with Crippen LogP contribution in [0.4, 0.5) is 5.69 Å². The molecule has 1 atom stereocenters. The zero-order valence-electron chi connectivity index (χ0n) is 15.9. The van der Waals surface area contributed by atoms with Gasteiger partial charge in [0.05, 0.1) is 12.8 Å². The first-order valence-corrected chi connectivity index (χ1v) is 9.96. The number of fused-ring (bicyclic) bond motifs is 2. The Morgan fingerprint density at radius 3 is 2.61 bits per heavy atom. The molecule has 0 fully saturated rings. The smallest absolute Gasteiger partial charge is 0.360 e. The molecule has 1 unspecified atom stereocenters. The van der Waals surface area contributed by atoms with Gasteiger partial charge in [-0.25, -0.2) is 9.79 Å². The lowest BCUT2D eigenvalue weighted by Crippen LogP contribution is -2.41. The number of carbonyl (C=O) groups excluding carboxylic acids is 1. The summed E-state index contributed by atoms with van der Waals surface area (Å²) < 4.78 is 16.6. The molecule has 0 saturated heterocycles. The molecule has 28 heavy (non-hydrogen) atoms. The van der Waals surface area contributed by atoms with Gasteiger partial charge in [0, 0.05) is 11.8 Å². The van der Waals surface area contributed by atoms with Crippen molar-refractivity contribution in [3.05, 3.63) is 46.3 Å². The zero-order chi connectivity index (χ0) is 19.1. The number of hydrogen-bond acceptors (Lipinski definition) is 7. The highest BCUT2D eigenvalue weighted by molar-refractivity contribution is 5.96. The summed E-state index contributed by atoms with van der Waals surface area (Å²) in [7, 11) is 0. The summed E-state index contributed by atoms with van der Waals surface area (Å²) in [5.74, 6) is -0.217. The van der Waals surface area contributed by atoms with Crippen molar-refractivity contribution in [2.45, 2.75) is 51.0 Å². The number of aliphatic imine (C=N–C) groups is 1. The predicted octanol–water partition coefficient (Wildman–Crippen LogP) is 2.91. The van der Waals surface area contributed by atoms with Gasteiger partial charge in [0.25, 0.3) is 11.6 Å². The van der Waals surface area contributed by atoms with Crippen LogP contribution in [0.15, 0.2) is 27.8 Å². The van der Waals surface area contributed by atoms with Crippen LogP contribution in [0.25, 0.3) is 0 Å². The highest BCUT2D eigenvalue weighted by Gasteiger charge is 2.52. The lowest BCUT2D eigenvalue weighted by Gasteiger charge is -2.24. The summed E-state index contributed by atoms with van der Waals surface area (Å²) in [5, 5.41) is 7.14. The van der Waals surface area contributed by atoms with Gasteiger partial charge < -0.3 is 19.3 Å². The topological polar surface area (TPSA) is 86.0 Å². The molecule has 2 aliphatic carbocycles. The maximum atomic E-state index is 12.7. The summed E-state index contributed by atoms with van der Waals surface area (Å²) in [6.45, 7) is 2.11. The van der Waals surface area contributed by atoms with Crippen molar-refractivity contribution in [1.29, 1.82) is 0 Å². The standard InChI is InChI=1S/C21H23N3O4/c1-2-26-19(25)21(17-9-10-23-28-17)12-22-20(27-21)24-18-15-7-3-5-13(15)11-14-6-4-8-16(14)18/h9-11H,2-8,12H2,1H3,(H,22,24). The Morgan fingerprint density at radius 1 is 1.21 bits per heavy atom. The van der Waals surface area contributed by atoms with Crippen LogP contribution in [0, 0.1) is 0 Å².